The van der Waals surface area contributed by atoms with Gasteiger partial charge in [-0.3, -0.25) is 0 Å². The van der Waals surface area contributed by atoms with Crippen molar-refractivity contribution in [3.05, 3.63) is 64.1 Å². The lowest BCUT2D eigenvalue weighted by Gasteiger charge is -2.11. The summed E-state index contributed by atoms with van der Waals surface area (Å²) in [5.41, 5.74) is 2.38. The van der Waals surface area contributed by atoms with Crippen LogP contribution < -0.4 is 10.6 Å². The Bertz CT molecular complexity index is 848. The third kappa shape index (κ3) is 4.79. The van der Waals surface area contributed by atoms with Crippen LogP contribution in [0.15, 0.2) is 52.8 Å². The van der Waals surface area contributed by atoms with Crippen LogP contribution in [0.3, 0.4) is 0 Å². The van der Waals surface area contributed by atoms with E-state index in [-0.39, 0.29) is 0 Å². The van der Waals surface area contributed by atoms with Gasteiger partial charge in [-0.15, -0.1) is 11.3 Å². The number of thiazole rings is 1. The van der Waals surface area contributed by atoms with E-state index in [1.54, 1.807) is 11.3 Å². The monoisotopic (exact) mass is 352 g/mol. The molecule has 0 saturated heterocycles. The molecule has 25 heavy (non-hydrogen) atoms. The largest absolute Gasteiger partial charge is 0.357 e. The van der Waals surface area contributed by atoms with Gasteiger partial charge < -0.3 is 10.6 Å². The number of aromatic nitrogens is 1. The van der Waals surface area contributed by atoms with E-state index in [4.69, 9.17) is 4.99 Å². The molecule has 0 amide bonds. The normalized spacial score (nSPS) is 11.7. The van der Waals surface area contributed by atoms with Crippen molar-refractivity contribution in [2.24, 2.45) is 4.99 Å². The second-order valence-electron chi connectivity index (χ2n) is 5.87. The molecule has 0 aliphatic rings. The van der Waals surface area contributed by atoms with E-state index < -0.39 is 0 Å². The lowest BCUT2D eigenvalue weighted by molar-refractivity contribution is 0.790. The van der Waals surface area contributed by atoms with E-state index in [0.717, 1.165) is 36.2 Å². The maximum atomic E-state index is 4.75. The number of benzene rings is 2. The second-order valence-corrected chi connectivity index (χ2v) is 6.93. The lowest BCUT2D eigenvalue weighted by atomic mass is 10.1. The summed E-state index contributed by atoms with van der Waals surface area (Å²) in [7, 11) is 0. The summed E-state index contributed by atoms with van der Waals surface area (Å²) in [5.74, 6) is 0.849. The number of fused-ring (bicyclic) bond motifs is 1. The zero-order valence-corrected chi connectivity index (χ0v) is 15.6. The van der Waals surface area contributed by atoms with Gasteiger partial charge in [0.15, 0.2) is 5.96 Å². The van der Waals surface area contributed by atoms with E-state index in [2.05, 4.69) is 70.4 Å². The van der Waals surface area contributed by atoms with Gasteiger partial charge in [0.05, 0.1) is 17.2 Å². The van der Waals surface area contributed by atoms with Gasteiger partial charge in [-0.05, 0) is 30.2 Å². The van der Waals surface area contributed by atoms with Crippen LogP contribution in [-0.4, -0.2) is 24.0 Å². The van der Waals surface area contributed by atoms with Crippen molar-refractivity contribution in [3.63, 3.8) is 0 Å². The molecule has 0 atom stereocenters. The van der Waals surface area contributed by atoms with Gasteiger partial charge in [0.2, 0.25) is 0 Å². The minimum atomic E-state index is 0.659. The van der Waals surface area contributed by atoms with Crippen molar-refractivity contribution in [1.29, 1.82) is 0 Å². The number of nitrogens with zero attached hydrogens (tertiary/aromatic N) is 2. The summed E-state index contributed by atoms with van der Waals surface area (Å²) in [6, 6.07) is 14.8. The molecule has 0 aliphatic heterocycles. The van der Waals surface area contributed by atoms with E-state index in [0.29, 0.717) is 6.54 Å². The Hall–Kier alpha value is -2.40. The van der Waals surface area contributed by atoms with E-state index in [1.807, 2.05) is 6.92 Å². The van der Waals surface area contributed by atoms with E-state index in [1.165, 1.54) is 16.3 Å². The van der Waals surface area contributed by atoms with Crippen LogP contribution in [0, 0.1) is 6.92 Å². The van der Waals surface area contributed by atoms with Crippen molar-refractivity contribution in [2.75, 3.05) is 13.1 Å². The van der Waals surface area contributed by atoms with Crippen LogP contribution in [0.25, 0.3) is 10.8 Å². The molecule has 3 rings (SSSR count). The quantitative estimate of drug-likeness (QED) is 0.522. The number of aliphatic imine (C=N–C) groups is 1. The molecule has 0 unspecified atom stereocenters. The Kier molecular flexibility index (Phi) is 6.01. The number of hydrogen-bond donors (Lipinski definition) is 2. The average molecular weight is 353 g/mol. The van der Waals surface area contributed by atoms with Crippen LogP contribution in [0.2, 0.25) is 0 Å². The SMILES string of the molecule is CCNC(=NCc1cccc2ccccc12)NCCc1csc(C)n1. The Labute approximate surface area is 153 Å². The van der Waals surface area contributed by atoms with Crippen molar-refractivity contribution >= 4 is 28.1 Å². The summed E-state index contributed by atoms with van der Waals surface area (Å²) in [6.07, 6.45) is 0.906. The summed E-state index contributed by atoms with van der Waals surface area (Å²) < 4.78 is 0. The highest BCUT2D eigenvalue weighted by Gasteiger charge is 2.03. The van der Waals surface area contributed by atoms with Gasteiger partial charge in [0.1, 0.15) is 0 Å². The molecule has 0 aliphatic carbocycles. The third-order valence-corrected chi connectivity index (χ3v) is 4.79. The van der Waals surface area contributed by atoms with Gasteiger partial charge in [-0.2, -0.15) is 0 Å². The first-order valence-electron chi connectivity index (χ1n) is 8.66. The second kappa shape index (κ2) is 8.62. The molecule has 3 aromatic rings. The smallest absolute Gasteiger partial charge is 0.191 e. The highest BCUT2D eigenvalue weighted by Crippen LogP contribution is 2.19. The minimum Gasteiger partial charge on any atom is -0.357 e. The summed E-state index contributed by atoms with van der Waals surface area (Å²) in [6.45, 7) is 6.45. The molecule has 5 heteroatoms. The average Bonchev–Trinajstić information content (AvgIpc) is 3.05. The Morgan fingerprint density at radius 1 is 1.12 bits per heavy atom. The number of nitrogens with one attached hydrogen (secondary N) is 2. The van der Waals surface area contributed by atoms with Gasteiger partial charge >= 0.3 is 0 Å². The predicted octanol–water partition coefficient (Wildman–Crippen LogP) is 3.90. The fraction of sp³-hybridized carbons (Fsp3) is 0.300. The van der Waals surface area contributed by atoms with Crippen LogP contribution in [0.5, 0.6) is 0 Å². The Balaban J connectivity index is 1.64. The first-order valence-corrected chi connectivity index (χ1v) is 9.54. The molecule has 1 aromatic heterocycles. The number of hydrogen-bond acceptors (Lipinski definition) is 3. The molecule has 2 aromatic carbocycles. The molecule has 0 saturated carbocycles. The molecule has 0 bridgehead atoms. The van der Waals surface area contributed by atoms with Crippen molar-refractivity contribution in [3.8, 4) is 0 Å². The Morgan fingerprint density at radius 2 is 1.96 bits per heavy atom. The molecule has 2 N–H and O–H groups in total. The summed E-state index contributed by atoms with van der Waals surface area (Å²) >= 11 is 1.70. The highest BCUT2D eigenvalue weighted by atomic mass is 32.1. The minimum absolute atomic E-state index is 0.659. The molecule has 130 valence electrons. The van der Waals surface area contributed by atoms with Crippen LogP contribution >= 0.6 is 11.3 Å². The summed E-state index contributed by atoms with van der Waals surface area (Å²) in [5, 5.41) is 12.5. The van der Waals surface area contributed by atoms with E-state index >= 15 is 0 Å². The van der Waals surface area contributed by atoms with E-state index in [9.17, 15) is 0 Å². The lowest BCUT2D eigenvalue weighted by Crippen LogP contribution is -2.38. The fourth-order valence-electron chi connectivity index (χ4n) is 2.77. The van der Waals surface area contributed by atoms with Crippen LogP contribution in [0.1, 0.15) is 23.2 Å². The highest BCUT2D eigenvalue weighted by molar-refractivity contribution is 7.09. The molecule has 0 spiro atoms. The fourth-order valence-corrected chi connectivity index (χ4v) is 3.42. The topological polar surface area (TPSA) is 49.3 Å². The molecule has 1 heterocycles. The van der Waals surface area contributed by atoms with Crippen molar-refractivity contribution in [1.82, 2.24) is 15.6 Å². The third-order valence-electron chi connectivity index (χ3n) is 3.97. The molecular formula is C20H24N4S. The van der Waals surface area contributed by atoms with Crippen molar-refractivity contribution < 1.29 is 0 Å². The zero-order valence-electron chi connectivity index (χ0n) is 14.7. The standard InChI is InChI=1S/C20H24N4S/c1-3-21-20(22-12-11-18-14-25-15(2)24-18)23-13-17-9-6-8-16-7-4-5-10-19(16)17/h4-10,14H,3,11-13H2,1-2H3,(H2,21,22,23). The zero-order chi connectivity index (χ0) is 17.5. The van der Waals surface area contributed by atoms with Crippen LogP contribution in [-0.2, 0) is 13.0 Å². The molecule has 4 nitrogen and oxygen atoms in total. The maximum Gasteiger partial charge on any atom is 0.191 e. The number of rotatable bonds is 6. The number of aryl methyl sites for hydroxylation is 1. The first kappa shape index (κ1) is 17.4. The molecule has 0 fully saturated rings. The Morgan fingerprint density at radius 3 is 2.76 bits per heavy atom. The van der Waals surface area contributed by atoms with Crippen LogP contribution in [0.4, 0.5) is 0 Å². The van der Waals surface area contributed by atoms with Gasteiger partial charge in [0.25, 0.3) is 0 Å². The van der Waals surface area contributed by atoms with Gasteiger partial charge in [-0.1, -0.05) is 42.5 Å². The predicted molar refractivity (Wildman–Crippen MR) is 107 cm³/mol. The van der Waals surface area contributed by atoms with Crippen molar-refractivity contribution in [2.45, 2.75) is 26.8 Å². The molecular weight excluding hydrogens is 328 g/mol. The van der Waals surface area contributed by atoms with Gasteiger partial charge in [-0.25, -0.2) is 9.98 Å². The maximum absolute atomic E-state index is 4.75. The summed E-state index contributed by atoms with van der Waals surface area (Å²) in [4.78, 5) is 9.25. The van der Waals surface area contributed by atoms with Gasteiger partial charge in [0, 0.05) is 24.9 Å². The number of guanidine groups is 1. The molecule has 0 radical (unpaired) electrons. The first-order chi connectivity index (χ1) is 12.3.